The van der Waals surface area contributed by atoms with Gasteiger partial charge in [0.2, 0.25) is 0 Å². The highest BCUT2D eigenvalue weighted by Crippen LogP contribution is 2.27. The molecule has 0 aromatic heterocycles. The van der Waals surface area contributed by atoms with Gasteiger partial charge in [-0.1, -0.05) is 26.0 Å². The summed E-state index contributed by atoms with van der Waals surface area (Å²) in [6.07, 6.45) is 0.434. The number of likely N-dealkylation sites (N-methyl/N-ethyl adjacent to an activating group) is 1. The first-order valence-corrected chi connectivity index (χ1v) is 7.22. The Morgan fingerprint density at radius 1 is 1.26 bits per heavy atom. The van der Waals surface area contributed by atoms with Crippen LogP contribution in [0.1, 0.15) is 31.9 Å². The Morgan fingerprint density at radius 2 is 1.89 bits per heavy atom. The fourth-order valence-corrected chi connectivity index (χ4v) is 2.98. The summed E-state index contributed by atoms with van der Waals surface area (Å²) in [7, 11) is 4.32. The maximum Gasteiger partial charge on any atom is 0.0787 e. The lowest BCUT2D eigenvalue weighted by Crippen LogP contribution is -2.34. The monoisotopic (exact) mass is 262 g/mol. The zero-order chi connectivity index (χ0) is 14.0. The van der Waals surface area contributed by atoms with Gasteiger partial charge in [0.15, 0.2) is 0 Å². The summed E-state index contributed by atoms with van der Waals surface area (Å²) in [5, 5.41) is 9.82. The highest BCUT2D eigenvalue weighted by molar-refractivity contribution is 5.49. The third-order valence-electron chi connectivity index (χ3n) is 4.27. The Bertz CT molecular complexity index is 402. The number of benzene rings is 1. The lowest BCUT2D eigenvalue weighted by atomic mass is 10.1. The van der Waals surface area contributed by atoms with E-state index in [-0.39, 0.29) is 6.10 Å². The summed E-state index contributed by atoms with van der Waals surface area (Å²) in [5.74, 6) is 0.691. The van der Waals surface area contributed by atoms with E-state index >= 15 is 0 Å². The quantitative estimate of drug-likeness (QED) is 0.903. The summed E-state index contributed by atoms with van der Waals surface area (Å²) >= 11 is 0. The van der Waals surface area contributed by atoms with Crippen molar-refractivity contribution < 1.29 is 5.11 Å². The zero-order valence-electron chi connectivity index (χ0n) is 12.5. The topological polar surface area (TPSA) is 26.7 Å². The third kappa shape index (κ3) is 3.10. The Morgan fingerprint density at radius 3 is 2.37 bits per heavy atom. The van der Waals surface area contributed by atoms with Crippen molar-refractivity contribution in [1.82, 2.24) is 4.90 Å². The number of anilines is 1. The van der Waals surface area contributed by atoms with Crippen molar-refractivity contribution in [2.24, 2.45) is 5.92 Å². The van der Waals surface area contributed by atoms with Crippen LogP contribution in [0.3, 0.4) is 0 Å². The molecule has 1 N–H and O–H groups in total. The molecule has 0 amide bonds. The maximum absolute atomic E-state index is 9.82. The molecule has 0 spiro atoms. The van der Waals surface area contributed by atoms with Gasteiger partial charge in [-0.3, -0.25) is 0 Å². The molecule has 3 heteroatoms. The molecule has 0 bridgehead atoms. The van der Waals surface area contributed by atoms with E-state index in [4.69, 9.17) is 0 Å². The molecule has 1 heterocycles. The number of nitrogens with zero attached hydrogens (tertiary/aromatic N) is 2. The van der Waals surface area contributed by atoms with Gasteiger partial charge in [-0.2, -0.15) is 0 Å². The van der Waals surface area contributed by atoms with Crippen LogP contribution < -0.4 is 4.90 Å². The number of aliphatic hydroxyl groups excluding tert-OH is 1. The summed E-state index contributed by atoms with van der Waals surface area (Å²) in [5.41, 5.74) is 2.28. The van der Waals surface area contributed by atoms with Gasteiger partial charge in [0, 0.05) is 24.8 Å². The average molecular weight is 262 g/mol. The van der Waals surface area contributed by atoms with Gasteiger partial charge in [0.25, 0.3) is 0 Å². The van der Waals surface area contributed by atoms with Gasteiger partial charge in [-0.15, -0.1) is 0 Å². The summed E-state index contributed by atoms with van der Waals surface area (Å²) < 4.78 is 0. The first kappa shape index (κ1) is 14.4. The average Bonchev–Trinajstić information content (AvgIpc) is 2.80. The Kier molecular flexibility index (Phi) is 4.48. The number of aliphatic hydroxyl groups is 1. The minimum absolute atomic E-state index is 0.332. The summed E-state index contributed by atoms with van der Waals surface area (Å²) in [4.78, 5) is 4.76. The molecule has 0 radical (unpaired) electrons. The lowest BCUT2D eigenvalue weighted by Gasteiger charge is -2.23. The van der Waals surface area contributed by atoms with Gasteiger partial charge in [-0.05, 0) is 44.1 Å². The normalized spacial score (nSPS) is 25.1. The van der Waals surface area contributed by atoms with Crippen molar-refractivity contribution in [3.05, 3.63) is 29.8 Å². The van der Waals surface area contributed by atoms with Crippen molar-refractivity contribution in [2.75, 3.05) is 32.1 Å². The van der Waals surface area contributed by atoms with Crippen LogP contribution >= 0.6 is 0 Å². The molecule has 19 heavy (non-hydrogen) atoms. The number of hydrogen-bond acceptors (Lipinski definition) is 3. The molecule has 3 unspecified atom stereocenters. The van der Waals surface area contributed by atoms with Crippen molar-refractivity contribution >= 4 is 5.69 Å². The maximum atomic E-state index is 9.82. The van der Waals surface area contributed by atoms with E-state index < -0.39 is 0 Å². The second kappa shape index (κ2) is 5.93. The van der Waals surface area contributed by atoms with Gasteiger partial charge in [0.1, 0.15) is 0 Å². The van der Waals surface area contributed by atoms with Crippen LogP contribution in [-0.2, 0) is 0 Å². The fraction of sp³-hybridized carbons (Fsp3) is 0.625. The lowest BCUT2D eigenvalue weighted by molar-refractivity contribution is 0.173. The van der Waals surface area contributed by atoms with Gasteiger partial charge in [-0.25, -0.2) is 0 Å². The highest BCUT2D eigenvalue weighted by Gasteiger charge is 2.30. The van der Waals surface area contributed by atoms with E-state index in [1.54, 1.807) is 0 Å². The number of hydrogen-bond donors (Lipinski definition) is 1. The van der Waals surface area contributed by atoms with Gasteiger partial charge >= 0.3 is 0 Å². The Balaban J connectivity index is 2.07. The van der Waals surface area contributed by atoms with Crippen LogP contribution in [0.15, 0.2) is 24.3 Å². The van der Waals surface area contributed by atoms with E-state index in [1.807, 2.05) is 6.92 Å². The molecule has 0 saturated carbocycles. The van der Waals surface area contributed by atoms with E-state index in [9.17, 15) is 5.11 Å². The van der Waals surface area contributed by atoms with Crippen LogP contribution in [0.2, 0.25) is 0 Å². The van der Waals surface area contributed by atoms with Crippen LogP contribution in [0.25, 0.3) is 0 Å². The van der Waals surface area contributed by atoms with Crippen molar-refractivity contribution in [1.29, 1.82) is 0 Å². The molecule has 106 valence electrons. The van der Waals surface area contributed by atoms with E-state index in [0.29, 0.717) is 12.0 Å². The minimum Gasteiger partial charge on any atom is -0.388 e. The molecule has 3 nitrogen and oxygen atoms in total. The Labute approximate surface area is 116 Å². The molecule has 1 saturated heterocycles. The molecule has 2 rings (SSSR count). The molecule has 0 aliphatic carbocycles. The molecule has 1 aromatic carbocycles. The standard InChI is InChI=1S/C16H26N2O/c1-5-16(19)13-6-8-14(9-7-13)18-10-12(2)15(11-18)17(3)4/h6-9,12,15-16,19H,5,10-11H2,1-4H3. The molecule has 1 aromatic rings. The first-order valence-electron chi connectivity index (χ1n) is 7.22. The minimum atomic E-state index is -0.332. The number of rotatable bonds is 4. The molecule has 3 atom stereocenters. The summed E-state index contributed by atoms with van der Waals surface area (Å²) in [6.45, 7) is 6.52. The largest absolute Gasteiger partial charge is 0.388 e. The smallest absolute Gasteiger partial charge is 0.0787 e. The SMILES string of the molecule is CCC(O)c1ccc(N2CC(C)C(N(C)C)C2)cc1. The van der Waals surface area contributed by atoms with Crippen LogP contribution in [-0.4, -0.2) is 43.2 Å². The molecular weight excluding hydrogens is 236 g/mol. The fourth-order valence-electron chi connectivity index (χ4n) is 2.98. The van der Waals surface area contributed by atoms with Crippen LogP contribution in [0, 0.1) is 5.92 Å². The van der Waals surface area contributed by atoms with Crippen molar-refractivity contribution in [2.45, 2.75) is 32.4 Å². The predicted octanol–water partition coefficient (Wildman–Crippen LogP) is 2.52. The van der Waals surface area contributed by atoms with Crippen LogP contribution in [0.5, 0.6) is 0 Å². The third-order valence-corrected chi connectivity index (χ3v) is 4.27. The van der Waals surface area contributed by atoms with Gasteiger partial charge < -0.3 is 14.9 Å². The second-order valence-electron chi connectivity index (χ2n) is 5.93. The Hall–Kier alpha value is -1.06. The molecule has 1 fully saturated rings. The van der Waals surface area contributed by atoms with Crippen molar-refractivity contribution in [3.8, 4) is 0 Å². The van der Waals surface area contributed by atoms with Gasteiger partial charge in [0.05, 0.1) is 6.10 Å². The first-order chi connectivity index (χ1) is 9.02. The highest BCUT2D eigenvalue weighted by atomic mass is 16.3. The van der Waals surface area contributed by atoms with Crippen molar-refractivity contribution in [3.63, 3.8) is 0 Å². The van der Waals surface area contributed by atoms with E-state index in [1.165, 1.54) is 5.69 Å². The van der Waals surface area contributed by atoms with Crippen LogP contribution in [0.4, 0.5) is 5.69 Å². The molecule has 1 aliphatic heterocycles. The molecular formula is C16H26N2O. The summed E-state index contributed by atoms with van der Waals surface area (Å²) in [6, 6.07) is 9.01. The second-order valence-corrected chi connectivity index (χ2v) is 5.93. The zero-order valence-corrected chi connectivity index (χ0v) is 12.5. The predicted molar refractivity (Wildman–Crippen MR) is 80.5 cm³/mol. The molecule has 1 aliphatic rings. The van der Waals surface area contributed by atoms with E-state index in [2.05, 4.69) is 55.1 Å². The van der Waals surface area contributed by atoms with E-state index in [0.717, 1.165) is 25.1 Å².